The summed E-state index contributed by atoms with van der Waals surface area (Å²) in [7, 11) is 0. The average Bonchev–Trinajstić information content (AvgIpc) is 3.28. The first kappa shape index (κ1) is 12.9. The molecule has 19 heavy (non-hydrogen) atoms. The minimum Gasteiger partial charge on any atom is -0.368 e. The maximum atomic E-state index is 4.32. The van der Waals surface area contributed by atoms with Crippen molar-refractivity contribution >= 4 is 5.69 Å². The molecule has 0 atom stereocenters. The van der Waals surface area contributed by atoms with Crippen LogP contribution < -0.4 is 10.2 Å². The summed E-state index contributed by atoms with van der Waals surface area (Å²) < 4.78 is 0. The van der Waals surface area contributed by atoms with E-state index in [2.05, 4.69) is 35.1 Å². The number of anilines is 1. The number of aromatic nitrogens is 1. The molecule has 0 spiro atoms. The van der Waals surface area contributed by atoms with Crippen LogP contribution in [0.1, 0.15) is 45.1 Å². The summed E-state index contributed by atoms with van der Waals surface area (Å²) >= 11 is 0. The number of nitrogens with zero attached hydrogens (tertiary/aromatic N) is 2. The van der Waals surface area contributed by atoms with Gasteiger partial charge in [0.15, 0.2) is 0 Å². The molecule has 0 aliphatic heterocycles. The maximum Gasteiger partial charge on any atom is 0.0445 e. The normalized spacial score (nSPS) is 18.9. The summed E-state index contributed by atoms with van der Waals surface area (Å²) in [6.45, 7) is 6.73. The number of hydrogen-bond donors (Lipinski definition) is 1. The lowest BCUT2D eigenvalue weighted by Crippen LogP contribution is -2.31. The fourth-order valence-corrected chi connectivity index (χ4v) is 2.60. The van der Waals surface area contributed by atoms with Gasteiger partial charge in [-0.05, 0) is 37.7 Å². The van der Waals surface area contributed by atoms with Gasteiger partial charge in [-0.1, -0.05) is 13.8 Å². The molecule has 2 aliphatic carbocycles. The van der Waals surface area contributed by atoms with Gasteiger partial charge in [0.25, 0.3) is 0 Å². The van der Waals surface area contributed by atoms with Gasteiger partial charge in [-0.25, -0.2) is 0 Å². The molecule has 3 nitrogen and oxygen atoms in total. The van der Waals surface area contributed by atoms with Crippen molar-refractivity contribution in [2.45, 2.75) is 58.2 Å². The van der Waals surface area contributed by atoms with Crippen LogP contribution >= 0.6 is 0 Å². The first-order valence-corrected chi connectivity index (χ1v) is 7.67. The Kier molecular flexibility index (Phi) is 3.74. The molecule has 0 aromatic carbocycles. The molecule has 3 heteroatoms. The number of rotatable bonds is 7. The van der Waals surface area contributed by atoms with Gasteiger partial charge >= 0.3 is 0 Å². The Morgan fingerprint density at radius 2 is 2.11 bits per heavy atom. The van der Waals surface area contributed by atoms with Crippen LogP contribution in [-0.2, 0) is 6.54 Å². The molecule has 104 valence electrons. The fraction of sp³-hybridized carbons (Fsp3) is 0.688. The molecule has 1 aromatic heterocycles. The minimum atomic E-state index is 0.706. The van der Waals surface area contributed by atoms with Crippen molar-refractivity contribution in [2.24, 2.45) is 5.92 Å². The molecular weight excluding hydrogens is 234 g/mol. The van der Waals surface area contributed by atoms with E-state index in [0.717, 1.165) is 25.2 Å². The van der Waals surface area contributed by atoms with Crippen molar-refractivity contribution in [3.05, 3.63) is 24.0 Å². The van der Waals surface area contributed by atoms with Gasteiger partial charge in [0.05, 0.1) is 0 Å². The van der Waals surface area contributed by atoms with E-state index in [1.54, 1.807) is 0 Å². The molecule has 1 heterocycles. The van der Waals surface area contributed by atoms with Crippen molar-refractivity contribution < 1.29 is 0 Å². The highest BCUT2D eigenvalue weighted by Crippen LogP contribution is 2.34. The molecule has 0 amide bonds. The monoisotopic (exact) mass is 259 g/mol. The highest BCUT2D eigenvalue weighted by Gasteiger charge is 2.31. The molecular formula is C16H25N3. The molecule has 0 bridgehead atoms. The fourth-order valence-electron chi connectivity index (χ4n) is 2.60. The second-order valence-corrected chi connectivity index (χ2v) is 6.44. The van der Waals surface area contributed by atoms with Gasteiger partial charge in [0.2, 0.25) is 0 Å². The predicted molar refractivity (Wildman–Crippen MR) is 79.3 cm³/mol. The van der Waals surface area contributed by atoms with E-state index in [0.29, 0.717) is 5.92 Å². The Morgan fingerprint density at radius 3 is 2.74 bits per heavy atom. The summed E-state index contributed by atoms with van der Waals surface area (Å²) in [5.41, 5.74) is 2.77. The molecule has 0 radical (unpaired) electrons. The molecule has 0 unspecified atom stereocenters. The number of hydrogen-bond acceptors (Lipinski definition) is 3. The van der Waals surface area contributed by atoms with E-state index in [-0.39, 0.29) is 0 Å². The third-order valence-corrected chi connectivity index (χ3v) is 3.90. The van der Waals surface area contributed by atoms with Crippen LogP contribution in [0, 0.1) is 5.92 Å². The zero-order valence-electron chi connectivity index (χ0n) is 12.1. The Labute approximate surface area is 116 Å². The lowest BCUT2D eigenvalue weighted by atomic mass is 10.1. The summed E-state index contributed by atoms with van der Waals surface area (Å²) in [5.74, 6) is 0.706. The van der Waals surface area contributed by atoms with Gasteiger partial charge in [0.1, 0.15) is 0 Å². The van der Waals surface area contributed by atoms with Crippen molar-refractivity contribution in [1.82, 2.24) is 10.3 Å². The number of nitrogens with one attached hydrogen (secondary N) is 1. The third kappa shape index (κ3) is 3.47. The van der Waals surface area contributed by atoms with Crippen LogP contribution in [0.5, 0.6) is 0 Å². The van der Waals surface area contributed by atoms with Gasteiger partial charge in [-0.15, -0.1) is 0 Å². The Morgan fingerprint density at radius 1 is 1.32 bits per heavy atom. The van der Waals surface area contributed by atoms with Crippen LogP contribution in [-0.4, -0.2) is 23.6 Å². The van der Waals surface area contributed by atoms with Gasteiger partial charge in [-0.2, -0.15) is 0 Å². The highest BCUT2D eigenvalue weighted by atomic mass is 15.2. The van der Waals surface area contributed by atoms with E-state index < -0.39 is 0 Å². The third-order valence-electron chi connectivity index (χ3n) is 3.90. The van der Waals surface area contributed by atoms with Crippen LogP contribution in [0.15, 0.2) is 18.5 Å². The first-order chi connectivity index (χ1) is 9.24. The van der Waals surface area contributed by atoms with Crippen molar-refractivity contribution in [2.75, 3.05) is 11.4 Å². The lowest BCUT2D eigenvalue weighted by Gasteiger charge is -2.28. The van der Waals surface area contributed by atoms with Gasteiger partial charge in [0, 0.05) is 48.8 Å². The van der Waals surface area contributed by atoms with E-state index in [1.807, 2.05) is 12.4 Å². The molecule has 2 saturated carbocycles. The van der Waals surface area contributed by atoms with Crippen LogP contribution in [0.25, 0.3) is 0 Å². The zero-order chi connectivity index (χ0) is 13.2. The van der Waals surface area contributed by atoms with Crippen molar-refractivity contribution in [1.29, 1.82) is 0 Å². The standard InChI is InChI=1S/C16H25N3/c1-12(2)11-19(15-5-6-15)16-7-8-17-9-13(16)10-18-14-3-4-14/h7-9,12,14-15,18H,3-6,10-11H2,1-2H3. The lowest BCUT2D eigenvalue weighted by molar-refractivity contribution is 0.602. The van der Waals surface area contributed by atoms with Crippen LogP contribution in [0.2, 0.25) is 0 Å². The summed E-state index contributed by atoms with van der Waals surface area (Å²) in [4.78, 5) is 6.93. The second kappa shape index (κ2) is 5.49. The van der Waals surface area contributed by atoms with Crippen molar-refractivity contribution in [3.8, 4) is 0 Å². The predicted octanol–water partition coefficient (Wildman–Crippen LogP) is 2.96. The molecule has 1 N–H and O–H groups in total. The van der Waals surface area contributed by atoms with Crippen LogP contribution in [0.4, 0.5) is 5.69 Å². The largest absolute Gasteiger partial charge is 0.368 e. The zero-order valence-corrected chi connectivity index (χ0v) is 12.1. The topological polar surface area (TPSA) is 28.2 Å². The van der Waals surface area contributed by atoms with Crippen LogP contribution in [0.3, 0.4) is 0 Å². The SMILES string of the molecule is CC(C)CN(c1ccncc1CNC1CC1)C1CC1. The minimum absolute atomic E-state index is 0.706. The molecule has 0 saturated heterocycles. The summed E-state index contributed by atoms with van der Waals surface area (Å²) in [6, 6.07) is 3.72. The maximum absolute atomic E-state index is 4.32. The number of pyridine rings is 1. The molecule has 2 aliphatic rings. The van der Waals surface area contributed by atoms with E-state index >= 15 is 0 Å². The van der Waals surface area contributed by atoms with Gasteiger partial charge < -0.3 is 10.2 Å². The average molecular weight is 259 g/mol. The van der Waals surface area contributed by atoms with E-state index in [1.165, 1.54) is 36.9 Å². The first-order valence-electron chi connectivity index (χ1n) is 7.67. The summed E-state index contributed by atoms with van der Waals surface area (Å²) in [5, 5.41) is 3.61. The summed E-state index contributed by atoms with van der Waals surface area (Å²) in [6.07, 6.45) is 9.36. The molecule has 1 aromatic rings. The molecule has 2 fully saturated rings. The Hall–Kier alpha value is -1.09. The van der Waals surface area contributed by atoms with Gasteiger partial charge in [-0.3, -0.25) is 4.98 Å². The van der Waals surface area contributed by atoms with E-state index in [4.69, 9.17) is 0 Å². The smallest absolute Gasteiger partial charge is 0.0445 e. The van der Waals surface area contributed by atoms with E-state index in [9.17, 15) is 0 Å². The quantitative estimate of drug-likeness (QED) is 0.816. The second-order valence-electron chi connectivity index (χ2n) is 6.44. The molecule has 3 rings (SSSR count). The Bertz CT molecular complexity index is 422. The highest BCUT2D eigenvalue weighted by molar-refractivity contribution is 5.54. The Balaban J connectivity index is 1.75. The van der Waals surface area contributed by atoms with Crippen molar-refractivity contribution in [3.63, 3.8) is 0 Å².